The van der Waals surface area contributed by atoms with Crippen LogP contribution < -0.4 is 5.32 Å². The fourth-order valence-electron chi connectivity index (χ4n) is 2.05. The second-order valence-corrected chi connectivity index (χ2v) is 6.32. The molecule has 98 valence electrons. The Morgan fingerprint density at radius 2 is 2.22 bits per heavy atom. The zero-order chi connectivity index (χ0) is 13.2. The molecule has 2 nitrogen and oxygen atoms in total. The average molecular weight is 331 g/mol. The van der Waals surface area contributed by atoms with Crippen LogP contribution in [0.2, 0.25) is 0 Å². The van der Waals surface area contributed by atoms with Crippen molar-refractivity contribution in [3.63, 3.8) is 0 Å². The second kappa shape index (κ2) is 5.62. The molecule has 0 aliphatic heterocycles. The molecule has 0 heterocycles. The monoisotopic (exact) mass is 329 g/mol. The van der Waals surface area contributed by atoms with Gasteiger partial charge in [0.2, 0.25) is 0 Å². The number of alkyl halides is 1. The van der Waals surface area contributed by atoms with Gasteiger partial charge in [-0.15, -0.1) is 11.6 Å². The molecule has 0 saturated heterocycles. The molecular weight excluding hydrogens is 314 g/mol. The minimum Gasteiger partial charge on any atom is -0.351 e. The molecule has 1 aromatic rings. The molecule has 4 heteroatoms. The Bertz CT molecular complexity index is 457. The highest BCUT2D eigenvalue weighted by Crippen LogP contribution is 2.48. The van der Waals surface area contributed by atoms with Crippen molar-refractivity contribution in [1.82, 2.24) is 5.32 Å². The SMILES string of the molecule is Cc1cc(C(=O)NCC2(CCCl)CC2)ccc1Br. The summed E-state index contributed by atoms with van der Waals surface area (Å²) in [4.78, 5) is 12.0. The molecule has 1 saturated carbocycles. The maximum atomic E-state index is 12.0. The molecule has 18 heavy (non-hydrogen) atoms. The summed E-state index contributed by atoms with van der Waals surface area (Å²) in [6.45, 7) is 2.73. The molecule has 1 amide bonds. The van der Waals surface area contributed by atoms with Crippen LogP contribution in [-0.4, -0.2) is 18.3 Å². The fraction of sp³-hybridized carbons (Fsp3) is 0.500. The number of carbonyl (C=O) groups excluding carboxylic acids is 1. The number of rotatable bonds is 5. The first kappa shape index (κ1) is 13.9. The lowest BCUT2D eigenvalue weighted by molar-refractivity contribution is 0.0944. The summed E-state index contributed by atoms with van der Waals surface area (Å²) >= 11 is 9.21. The van der Waals surface area contributed by atoms with Crippen LogP contribution in [0, 0.1) is 12.3 Å². The standard InChI is InChI=1S/C14H17BrClNO/c1-10-8-11(2-3-12(10)15)13(18)17-9-14(4-5-14)6-7-16/h2-3,8H,4-7,9H2,1H3,(H,17,18). The van der Waals surface area contributed by atoms with Gasteiger partial charge in [0.15, 0.2) is 0 Å². The quantitative estimate of drug-likeness (QED) is 0.815. The van der Waals surface area contributed by atoms with E-state index in [0.717, 1.165) is 28.6 Å². The molecule has 0 aromatic heterocycles. The number of amides is 1. The van der Waals surface area contributed by atoms with Gasteiger partial charge in [-0.25, -0.2) is 0 Å². The Balaban J connectivity index is 1.93. The van der Waals surface area contributed by atoms with Crippen LogP contribution in [0.1, 0.15) is 35.2 Å². The molecule has 1 fully saturated rings. The maximum Gasteiger partial charge on any atom is 0.251 e. The first-order valence-electron chi connectivity index (χ1n) is 6.17. The van der Waals surface area contributed by atoms with Crippen LogP contribution in [0.4, 0.5) is 0 Å². The van der Waals surface area contributed by atoms with E-state index in [1.54, 1.807) is 0 Å². The molecule has 1 N–H and O–H groups in total. The summed E-state index contributed by atoms with van der Waals surface area (Å²) < 4.78 is 1.03. The maximum absolute atomic E-state index is 12.0. The highest BCUT2D eigenvalue weighted by atomic mass is 79.9. The first-order chi connectivity index (χ1) is 8.56. The zero-order valence-corrected chi connectivity index (χ0v) is 12.8. The molecule has 1 aliphatic rings. The Labute approximate surface area is 121 Å². The van der Waals surface area contributed by atoms with Crippen LogP contribution in [0.25, 0.3) is 0 Å². The van der Waals surface area contributed by atoms with Crippen LogP contribution in [0.3, 0.4) is 0 Å². The van der Waals surface area contributed by atoms with E-state index in [9.17, 15) is 4.79 Å². The van der Waals surface area contributed by atoms with E-state index in [1.807, 2.05) is 25.1 Å². The van der Waals surface area contributed by atoms with Crippen molar-refractivity contribution in [2.45, 2.75) is 26.2 Å². The zero-order valence-electron chi connectivity index (χ0n) is 10.4. The Morgan fingerprint density at radius 1 is 1.50 bits per heavy atom. The van der Waals surface area contributed by atoms with Crippen LogP contribution in [0.5, 0.6) is 0 Å². The molecule has 0 spiro atoms. The third kappa shape index (κ3) is 3.27. The lowest BCUT2D eigenvalue weighted by atomic mass is 10.0. The lowest BCUT2D eigenvalue weighted by Crippen LogP contribution is -2.30. The Hall–Kier alpha value is -0.540. The first-order valence-corrected chi connectivity index (χ1v) is 7.49. The largest absolute Gasteiger partial charge is 0.351 e. The summed E-state index contributed by atoms with van der Waals surface area (Å²) in [7, 11) is 0. The van der Waals surface area contributed by atoms with E-state index in [4.69, 9.17) is 11.6 Å². The number of aryl methyl sites for hydroxylation is 1. The molecule has 0 bridgehead atoms. The van der Waals surface area contributed by atoms with Crippen molar-refractivity contribution in [3.8, 4) is 0 Å². The smallest absolute Gasteiger partial charge is 0.251 e. The van der Waals surface area contributed by atoms with Crippen molar-refractivity contribution >= 4 is 33.4 Å². The normalized spacial score (nSPS) is 16.4. The number of carbonyl (C=O) groups is 1. The van der Waals surface area contributed by atoms with Gasteiger partial charge in [0.05, 0.1) is 0 Å². The van der Waals surface area contributed by atoms with Gasteiger partial charge in [-0.3, -0.25) is 4.79 Å². The van der Waals surface area contributed by atoms with Gasteiger partial charge in [0.25, 0.3) is 5.91 Å². The molecule has 2 rings (SSSR count). The molecule has 0 unspecified atom stereocenters. The van der Waals surface area contributed by atoms with Crippen LogP contribution >= 0.6 is 27.5 Å². The van der Waals surface area contributed by atoms with Gasteiger partial charge in [-0.1, -0.05) is 15.9 Å². The van der Waals surface area contributed by atoms with E-state index in [-0.39, 0.29) is 11.3 Å². The van der Waals surface area contributed by atoms with Crippen molar-refractivity contribution in [1.29, 1.82) is 0 Å². The van der Waals surface area contributed by atoms with E-state index >= 15 is 0 Å². The predicted molar refractivity (Wildman–Crippen MR) is 78.2 cm³/mol. The van der Waals surface area contributed by atoms with Gasteiger partial charge in [0, 0.05) is 22.5 Å². The van der Waals surface area contributed by atoms with Gasteiger partial charge in [0.1, 0.15) is 0 Å². The van der Waals surface area contributed by atoms with Crippen molar-refractivity contribution < 1.29 is 4.79 Å². The van der Waals surface area contributed by atoms with Gasteiger partial charge >= 0.3 is 0 Å². The van der Waals surface area contributed by atoms with Crippen LogP contribution in [0.15, 0.2) is 22.7 Å². The van der Waals surface area contributed by atoms with E-state index in [1.165, 1.54) is 12.8 Å². The van der Waals surface area contributed by atoms with Crippen LogP contribution in [-0.2, 0) is 0 Å². The van der Waals surface area contributed by atoms with Gasteiger partial charge in [-0.2, -0.15) is 0 Å². The summed E-state index contributed by atoms with van der Waals surface area (Å²) in [5, 5.41) is 3.02. The third-order valence-corrected chi connectivity index (χ3v) is 4.70. The Morgan fingerprint density at radius 3 is 2.78 bits per heavy atom. The average Bonchev–Trinajstić information content (AvgIpc) is 3.11. The number of halogens is 2. The number of hydrogen-bond donors (Lipinski definition) is 1. The van der Waals surface area contributed by atoms with E-state index < -0.39 is 0 Å². The van der Waals surface area contributed by atoms with Crippen molar-refractivity contribution in [3.05, 3.63) is 33.8 Å². The highest BCUT2D eigenvalue weighted by molar-refractivity contribution is 9.10. The number of hydrogen-bond acceptors (Lipinski definition) is 1. The predicted octanol–water partition coefficient (Wildman–Crippen LogP) is 3.90. The molecule has 1 aliphatic carbocycles. The summed E-state index contributed by atoms with van der Waals surface area (Å²) in [5.41, 5.74) is 2.07. The van der Waals surface area contributed by atoms with Crippen molar-refractivity contribution in [2.24, 2.45) is 5.41 Å². The topological polar surface area (TPSA) is 29.1 Å². The number of benzene rings is 1. The molecular formula is C14H17BrClNO. The Kier molecular flexibility index (Phi) is 4.33. The number of nitrogens with one attached hydrogen (secondary N) is 1. The molecule has 0 atom stereocenters. The second-order valence-electron chi connectivity index (χ2n) is 5.09. The fourth-order valence-corrected chi connectivity index (χ4v) is 2.70. The minimum atomic E-state index is 0.00597. The highest BCUT2D eigenvalue weighted by Gasteiger charge is 2.41. The van der Waals surface area contributed by atoms with Gasteiger partial charge < -0.3 is 5.32 Å². The molecule has 1 aromatic carbocycles. The third-order valence-electron chi connectivity index (χ3n) is 3.63. The lowest BCUT2D eigenvalue weighted by Gasteiger charge is -2.14. The summed E-state index contributed by atoms with van der Waals surface area (Å²) in [6, 6.07) is 5.66. The van der Waals surface area contributed by atoms with Crippen molar-refractivity contribution in [2.75, 3.05) is 12.4 Å². The molecule has 0 radical (unpaired) electrons. The van der Waals surface area contributed by atoms with Gasteiger partial charge in [-0.05, 0) is 55.4 Å². The summed E-state index contributed by atoms with van der Waals surface area (Å²) in [5.74, 6) is 0.680. The van der Waals surface area contributed by atoms with E-state index in [2.05, 4.69) is 21.2 Å². The van der Waals surface area contributed by atoms with E-state index in [0.29, 0.717) is 5.88 Å². The minimum absolute atomic E-state index is 0.00597. The summed E-state index contributed by atoms with van der Waals surface area (Å²) in [6.07, 6.45) is 3.35.